The zero-order chi connectivity index (χ0) is 18.8. The highest BCUT2D eigenvalue weighted by molar-refractivity contribution is 6.29. The number of halogens is 2. The van der Waals surface area contributed by atoms with Crippen LogP contribution in [-0.2, 0) is 17.9 Å². The number of carbonyl (C=O) groups excluding carboxylic acids is 1. The summed E-state index contributed by atoms with van der Waals surface area (Å²) in [5.41, 5.74) is 1.87. The normalized spacial score (nSPS) is 11.0. The summed E-state index contributed by atoms with van der Waals surface area (Å²) in [5, 5.41) is 11.3. The van der Waals surface area contributed by atoms with Crippen molar-refractivity contribution in [3.63, 3.8) is 0 Å². The van der Waals surface area contributed by atoms with E-state index < -0.39 is 0 Å². The van der Waals surface area contributed by atoms with Gasteiger partial charge in [-0.25, -0.2) is 9.37 Å². The summed E-state index contributed by atoms with van der Waals surface area (Å²) in [5.74, 6) is -0.256. The molecule has 0 aliphatic heterocycles. The van der Waals surface area contributed by atoms with Gasteiger partial charge in [-0.15, -0.1) is 5.10 Å². The molecule has 136 valence electrons. The number of nitrogens with zero attached hydrogens (tertiary/aromatic N) is 4. The van der Waals surface area contributed by atoms with Gasteiger partial charge in [0.15, 0.2) is 5.15 Å². The van der Waals surface area contributed by atoms with Crippen LogP contribution in [0.15, 0.2) is 53.3 Å². The number of rotatable bonds is 5. The molecule has 0 aliphatic carbocycles. The SMILES string of the molecule is O=C(Cn1c(-c2ncco2)cc2cc(F)ccc21)NCc1ccc(Cl)nn1. The van der Waals surface area contributed by atoms with Crippen LogP contribution in [0.25, 0.3) is 22.5 Å². The summed E-state index contributed by atoms with van der Waals surface area (Å²) in [6.45, 7) is 0.221. The Bertz CT molecular complexity index is 1090. The molecule has 3 aromatic heterocycles. The smallest absolute Gasteiger partial charge is 0.243 e. The van der Waals surface area contributed by atoms with Crippen LogP contribution in [0.4, 0.5) is 4.39 Å². The summed E-state index contributed by atoms with van der Waals surface area (Å²) in [6, 6.07) is 9.39. The van der Waals surface area contributed by atoms with Crippen LogP contribution >= 0.6 is 11.6 Å². The Morgan fingerprint density at radius 2 is 2.11 bits per heavy atom. The molecule has 1 aromatic carbocycles. The van der Waals surface area contributed by atoms with Crippen LogP contribution in [0.1, 0.15) is 5.69 Å². The molecule has 0 saturated carbocycles. The molecule has 0 unspecified atom stereocenters. The quantitative estimate of drug-likeness (QED) is 0.570. The first-order valence-electron chi connectivity index (χ1n) is 8.03. The Labute approximate surface area is 157 Å². The van der Waals surface area contributed by atoms with Gasteiger partial charge in [0.2, 0.25) is 11.8 Å². The molecular formula is C18H13ClFN5O2. The molecule has 0 bridgehead atoms. The average Bonchev–Trinajstić information content (AvgIpc) is 3.29. The van der Waals surface area contributed by atoms with Crippen molar-refractivity contribution in [2.24, 2.45) is 0 Å². The highest BCUT2D eigenvalue weighted by Crippen LogP contribution is 2.27. The number of aromatic nitrogens is 4. The summed E-state index contributed by atoms with van der Waals surface area (Å²) in [4.78, 5) is 16.6. The van der Waals surface area contributed by atoms with Gasteiger partial charge in [-0.3, -0.25) is 4.79 Å². The Hall–Kier alpha value is -3.26. The van der Waals surface area contributed by atoms with Gasteiger partial charge < -0.3 is 14.3 Å². The molecule has 0 spiro atoms. The van der Waals surface area contributed by atoms with E-state index in [0.29, 0.717) is 28.2 Å². The second-order valence-electron chi connectivity index (χ2n) is 5.78. The van der Waals surface area contributed by atoms with E-state index in [0.717, 1.165) is 0 Å². The van der Waals surface area contributed by atoms with E-state index >= 15 is 0 Å². The van der Waals surface area contributed by atoms with Gasteiger partial charge in [0.25, 0.3) is 0 Å². The first-order chi connectivity index (χ1) is 13.1. The number of nitrogens with one attached hydrogen (secondary N) is 1. The molecule has 1 N–H and O–H groups in total. The number of oxazole rings is 1. The third-order valence-corrected chi connectivity index (χ3v) is 4.17. The van der Waals surface area contributed by atoms with Crippen LogP contribution < -0.4 is 5.32 Å². The van der Waals surface area contributed by atoms with Gasteiger partial charge in [0, 0.05) is 10.9 Å². The van der Waals surface area contributed by atoms with Crippen LogP contribution in [-0.4, -0.2) is 25.7 Å². The molecule has 1 amide bonds. The maximum absolute atomic E-state index is 13.6. The minimum Gasteiger partial charge on any atom is -0.443 e. The van der Waals surface area contributed by atoms with Gasteiger partial charge >= 0.3 is 0 Å². The topological polar surface area (TPSA) is 85.8 Å². The second-order valence-corrected chi connectivity index (χ2v) is 6.17. The fourth-order valence-electron chi connectivity index (χ4n) is 2.77. The standard InChI is InChI=1S/C18H13ClFN5O2/c19-16-4-2-13(23-24-16)9-22-17(26)10-25-14-3-1-12(20)7-11(14)8-15(25)18-21-5-6-27-18/h1-8H,9-10H2,(H,22,26). The van der Waals surface area contributed by atoms with Gasteiger partial charge in [-0.05, 0) is 36.4 Å². The zero-order valence-corrected chi connectivity index (χ0v) is 14.7. The summed E-state index contributed by atoms with van der Waals surface area (Å²) in [6.07, 6.45) is 2.95. The maximum Gasteiger partial charge on any atom is 0.243 e. The Balaban J connectivity index is 1.59. The molecule has 0 radical (unpaired) electrons. The fraction of sp³-hybridized carbons (Fsp3) is 0.111. The Kier molecular flexibility index (Phi) is 4.55. The first-order valence-corrected chi connectivity index (χ1v) is 8.41. The third kappa shape index (κ3) is 3.65. The molecule has 0 atom stereocenters. The van der Waals surface area contributed by atoms with E-state index in [2.05, 4.69) is 20.5 Å². The van der Waals surface area contributed by atoms with Crippen molar-refractivity contribution < 1.29 is 13.6 Å². The number of hydrogen-bond donors (Lipinski definition) is 1. The van der Waals surface area contributed by atoms with Crippen molar-refractivity contribution in [2.75, 3.05) is 0 Å². The summed E-state index contributed by atoms with van der Waals surface area (Å²) in [7, 11) is 0. The monoisotopic (exact) mass is 385 g/mol. The number of carbonyl (C=O) groups is 1. The predicted molar refractivity (Wildman–Crippen MR) is 96.3 cm³/mol. The van der Waals surface area contributed by atoms with Gasteiger partial charge in [-0.1, -0.05) is 11.6 Å². The van der Waals surface area contributed by atoms with Crippen molar-refractivity contribution in [3.05, 3.63) is 65.5 Å². The van der Waals surface area contributed by atoms with Crippen molar-refractivity contribution in [3.8, 4) is 11.6 Å². The third-order valence-electron chi connectivity index (χ3n) is 3.97. The first kappa shape index (κ1) is 17.2. The number of amides is 1. The Morgan fingerprint density at radius 3 is 2.85 bits per heavy atom. The lowest BCUT2D eigenvalue weighted by Crippen LogP contribution is -2.27. The summed E-state index contributed by atoms with van der Waals surface area (Å²) < 4.78 is 20.6. The van der Waals surface area contributed by atoms with E-state index in [1.165, 1.54) is 24.6 Å². The number of benzene rings is 1. The van der Waals surface area contributed by atoms with Crippen molar-refractivity contribution >= 4 is 28.4 Å². The van der Waals surface area contributed by atoms with Gasteiger partial charge in [0.1, 0.15) is 24.3 Å². The molecule has 9 heteroatoms. The lowest BCUT2D eigenvalue weighted by molar-refractivity contribution is -0.121. The van der Waals surface area contributed by atoms with Crippen LogP contribution in [0.3, 0.4) is 0 Å². The van der Waals surface area contributed by atoms with Gasteiger partial charge in [-0.2, -0.15) is 5.10 Å². The molecule has 3 heterocycles. The van der Waals surface area contributed by atoms with Crippen molar-refractivity contribution in [2.45, 2.75) is 13.1 Å². The highest BCUT2D eigenvalue weighted by Gasteiger charge is 2.17. The molecule has 0 saturated heterocycles. The van der Waals surface area contributed by atoms with Crippen LogP contribution in [0.2, 0.25) is 5.15 Å². The molecule has 4 rings (SSSR count). The number of hydrogen-bond acceptors (Lipinski definition) is 5. The van der Waals surface area contributed by atoms with E-state index in [-0.39, 0.29) is 30.0 Å². The average molecular weight is 386 g/mol. The lowest BCUT2D eigenvalue weighted by atomic mass is 10.2. The molecule has 27 heavy (non-hydrogen) atoms. The molecule has 4 aromatic rings. The van der Waals surface area contributed by atoms with Crippen molar-refractivity contribution in [1.29, 1.82) is 0 Å². The van der Waals surface area contributed by atoms with E-state index in [9.17, 15) is 9.18 Å². The molecule has 0 fully saturated rings. The van der Waals surface area contributed by atoms with E-state index in [4.69, 9.17) is 16.0 Å². The largest absolute Gasteiger partial charge is 0.443 e. The van der Waals surface area contributed by atoms with E-state index in [1.54, 1.807) is 28.8 Å². The minimum atomic E-state index is -0.357. The summed E-state index contributed by atoms with van der Waals surface area (Å²) >= 11 is 5.70. The molecule has 7 nitrogen and oxygen atoms in total. The fourth-order valence-corrected chi connectivity index (χ4v) is 2.87. The maximum atomic E-state index is 13.6. The zero-order valence-electron chi connectivity index (χ0n) is 13.9. The Morgan fingerprint density at radius 1 is 1.22 bits per heavy atom. The van der Waals surface area contributed by atoms with Crippen molar-refractivity contribution in [1.82, 2.24) is 25.1 Å². The predicted octanol–water partition coefficient (Wildman–Crippen LogP) is 3.20. The molecular weight excluding hydrogens is 373 g/mol. The second kappa shape index (κ2) is 7.16. The molecule has 0 aliphatic rings. The van der Waals surface area contributed by atoms with Gasteiger partial charge in [0.05, 0.1) is 18.4 Å². The van der Waals surface area contributed by atoms with E-state index in [1.807, 2.05) is 0 Å². The van der Waals surface area contributed by atoms with Crippen LogP contribution in [0.5, 0.6) is 0 Å². The number of fused-ring (bicyclic) bond motifs is 1. The highest BCUT2D eigenvalue weighted by atomic mass is 35.5. The minimum absolute atomic E-state index is 0.00780. The lowest BCUT2D eigenvalue weighted by Gasteiger charge is -2.09. The van der Waals surface area contributed by atoms with Crippen LogP contribution in [0, 0.1) is 5.82 Å².